The quantitative estimate of drug-likeness (QED) is 0.519. The molecule has 30 heavy (non-hydrogen) atoms. The van der Waals surface area contributed by atoms with Crippen molar-refractivity contribution in [3.05, 3.63) is 70.1 Å². The van der Waals surface area contributed by atoms with E-state index in [0.29, 0.717) is 18.4 Å². The van der Waals surface area contributed by atoms with Crippen LogP contribution in [0.4, 0.5) is 19.0 Å². The van der Waals surface area contributed by atoms with Gasteiger partial charge in [-0.2, -0.15) is 0 Å². The van der Waals surface area contributed by atoms with Crippen LogP contribution in [-0.4, -0.2) is 17.7 Å². The van der Waals surface area contributed by atoms with Crippen LogP contribution >= 0.6 is 15.9 Å². The summed E-state index contributed by atoms with van der Waals surface area (Å²) in [6, 6.07) is 9.44. The minimum absolute atomic E-state index is 0.147. The zero-order chi connectivity index (χ0) is 21.5. The molecule has 0 saturated heterocycles. The smallest absolute Gasteiger partial charge is 0.270 e. The molecular weight excluding hydrogens is 465 g/mol. The van der Waals surface area contributed by atoms with Crippen molar-refractivity contribution in [1.29, 1.82) is 0 Å². The zero-order valence-electron chi connectivity index (χ0n) is 15.5. The topological polar surface area (TPSA) is 60.5 Å². The third-order valence-electron chi connectivity index (χ3n) is 4.50. The van der Waals surface area contributed by atoms with E-state index in [0.717, 1.165) is 33.8 Å². The van der Waals surface area contributed by atoms with Crippen LogP contribution in [0.1, 0.15) is 22.8 Å². The van der Waals surface area contributed by atoms with Crippen molar-refractivity contribution in [2.45, 2.75) is 12.8 Å². The summed E-state index contributed by atoms with van der Waals surface area (Å²) in [7, 11) is 0. The molecule has 9 heteroatoms. The Morgan fingerprint density at radius 1 is 1.13 bits per heavy atom. The number of nitrogens with one attached hydrogen (secondary N) is 1. The molecule has 1 aliphatic rings. The van der Waals surface area contributed by atoms with Crippen LogP contribution in [0.3, 0.4) is 0 Å². The highest BCUT2D eigenvalue weighted by Gasteiger charge is 2.26. The minimum Gasteiger partial charge on any atom is -0.454 e. The van der Waals surface area contributed by atoms with Gasteiger partial charge >= 0.3 is 0 Å². The molecule has 1 N–H and O–H groups in total. The van der Waals surface area contributed by atoms with E-state index in [-0.39, 0.29) is 12.6 Å². The number of fused-ring (bicyclic) bond motifs is 1. The number of carbonyl (C=O) groups is 1. The largest absolute Gasteiger partial charge is 0.454 e. The molecule has 4 rings (SSSR count). The number of pyridine rings is 1. The number of anilines is 1. The van der Waals surface area contributed by atoms with Gasteiger partial charge in [-0.25, -0.2) is 18.2 Å². The predicted molar refractivity (Wildman–Crippen MR) is 107 cm³/mol. The molecule has 2 heterocycles. The number of alkyl halides is 2. The van der Waals surface area contributed by atoms with E-state index in [1.165, 1.54) is 12.3 Å². The first-order valence-electron chi connectivity index (χ1n) is 8.77. The lowest BCUT2D eigenvalue weighted by molar-refractivity contribution is 0.0174. The third-order valence-corrected chi connectivity index (χ3v) is 5.15. The monoisotopic (exact) mass is 478 g/mol. The Hall–Kier alpha value is -3.07. The molecule has 0 aliphatic carbocycles. The first-order valence-corrected chi connectivity index (χ1v) is 9.56. The number of rotatable bonds is 4. The summed E-state index contributed by atoms with van der Waals surface area (Å²) < 4.78 is 52.4. The van der Waals surface area contributed by atoms with E-state index in [1.54, 1.807) is 18.2 Å². The Labute approximate surface area is 178 Å². The lowest BCUT2D eigenvalue weighted by Gasteiger charge is -2.13. The van der Waals surface area contributed by atoms with Gasteiger partial charge in [-0.15, -0.1) is 0 Å². The van der Waals surface area contributed by atoms with Crippen molar-refractivity contribution in [2.75, 3.05) is 12.1 Å². The molecule has 0 bridgehead atoms. The standard InChI is InChI=1S/C21H14BrF3N2O3/c1-21(24,25)12-3-4-16(23)14(6-12)20(28)27-19-5-2-11(9-26-19)13-7-17-18(8-15(13)22)30-10-29-17/h2-9H,10H2,1H3,(H,26,27,28). The molecule has 1 aliphatic heterocycles. The van der Waals surface area contributed by atoms with Gasteiger partial charge in [-0.05, 0) is 36.4 Å². The van der Waals surface area contributed by atoms with Crippen LogP contribution < -0.4 is 14.8 Å². The second-order valence-electron chi connectivity index (χ2n) is 6.65. The molecule has 1 amide bonds. The van der Waals surface area contributed by atoms with Crippen molar-refractivity contribution in [2.24, 2.45) is 0 Å². The van der Waals surface area contributed by atoms with Crippen LogP contribution in [0.2, 0.25) is 0 Å². The maximum absolute atomic E-state index is 14.0. The minimum atomic E-state index is -3.19. The highest BCUT2D eigenvalue weighted by molar-refractivity contribution is 9.10. The van der Waals surface area contributed by atoms with E-state index < -0.39 is 28.8 Å². The molecule has 3 aromatic rings. The fraction of sp³-hybridized carbons (Fsp3) is 0.143. The van der Waals surface area contributed by atoms with Gasteiger partial charge in [0.05, 0.1) is 5.56 Å². The Bertz CT molecular complexity index is 1130. The molecule has 0 spiro atoms. The van der Waals surface area contributed by atoms with Gasteiger partial charge in [0, 0.05) is 34.3 Å². The summed E-state index contributed by atoms with van der Waals surface area (Å²) in [5.41, 5.74) is 0.592. The van der Waals surface area contributed by atoms with E-state index in [1.807, 2.05) is 0 Å². The third kappa shape index (κ3) is 3.97. The molecule has 2 aromatic carbocycles. The molecule has 0 unspecified atom stereocenters. The first kappa shape index (κ1) is 20.2. The maximum Gasteiger partial charge on any atom is 0.270 e. The average Bonchev–Trinajstić information content (AvgIpc) is 3.14. The van der Waals surface area contributed by atoms with E-state index >= 15 is 0 Å². The predicted octanol–water partition coefficient (Wildman–Crippen LogP) is 5.74. The van der Waals surface area contributed by atoms with Crippen molar-refractivity contribution < 1.29 is 27.4 Å². The van der Waals surface area contributed by atoms with Crippen molar-refractivity contribution >= 4 is 27.7 Å². The van der Waals surface area contributed by atoms with Gasteiger partial charge in [0.15, 0.2) is 11.5 Å². The molecule has 0 atom stereocenters. The van der Waals surface area contributed by atoms with Crippen LogP contribution in [0.25, 0.3) is 11.1 Å². The molecule has 1 aromatic heterocycles. The van der Waals surface area contributed by atoms with E-state index in [9.17, 15) is 18.0 Å². The summed E-state index contributed by atoms with van der Waals surface area (Å²) in [4.78, 5) is 16.5. The van der Waals surface area contributed by atoms with E-state index in [4.69, 9.17) is 9.47 Å². The number of ether oxygens (including phenoxy) is 2. The van der Waals surface area contributed by atoms with Crippen molar-refractivity contribution in [1.82, 2.24) is 4.98 Å². The average molecular weight is 479 g/mol. The summed E-state index contributed by atoms with van der Waals surface area (Å²) >= 11 is 3.47. The molecular formula is C21H14BrF3N2O3. The Morgan fingerprint density at radius 3 is 2.53 bits per heavy atom. The van der Waals surface area contributed by atoms with Crippen molar-refractivity contribution in [3.63, 3.8) is 0 Å². The second kappa shape index (κ2) is 7.64. The first-order chi connectivity index (χ1) is 14.2. The Kier molecular flexibility index (Phi) is 5.15. The lowest BCUT2D eigenvalue weighted by Crippen LogP contribution is -2.17. The Balaban J connectivity index is 1.55. The van der Waals surface area contributed by atoms with Gasteiger partial charge in [0.1, 0.15) is 11.6 Å². The van der Waals surface area contributed by atoms with Gasteiger partial charge in [0.2, 0.25) is 6.79 Å². The number of nitrogens with zero attached hydrogens (tertiary/aromatic N) is 1. The number of amides is 1. The van der Waals surface area contributed by atoms with Crippen LogP contribution in [0.15, 0.2) is 53.1 Å². The highest BCUT2D eigenvalue weighted by atomic mass is 79.9. The number of aromatic nitrogens is 1. The normalized spacial score (nSPS) is 12.7. The number of hydrogen-bond donors (Lipinski definition) is 1. The van der Waals surface area contributed by atoms with Gasteiger partial charge < -0.3 is 14.8 Å². The maximum atomic E-state index is 14.0. The SMILES string of the molecule is CC(F)(F)c1ccc(F)c(C(=O)Nc2ccc(-c3cc4c(cc3Br)OCO4)cn2)c1. The van der Waals surface area contributed by atoms with E-state index in [2.05, 4.69) is 26.2 Å². The molecule has 154 valence electrons. The molecule has 5 nitrogen and oxygen atoms in total. The fourth-order valence-electron chi connectivity index (χ4n) is 2.92. The summed E-state index contributed by atoms with van der Waals surface area (Å²) in [6.07, 6.45) is 1.52. The number of benzene rings is 2. The van der Waals surface area contributed by atoms with Crippen LogP contribution in [-0.2, 0) is 5.92 Å². The molecule has 0 fully saturated rings. The lowest BCUT2D eigenvalue weighted by atomic mass is 10.1. The number of carbonyl (C=O) groups excluding carboxylic acids is 1. The van der Waals surface area contributed by atoms with Crippen molar-refractivity contribution in [3.8, 4) is 22.6 Å². The second-order valence-corrected chi connectivity index (χ2v) is 7.51. The van der Waals surface area contributed by atoms with Gasteiger partial charge in [0.25, 0.3) is 11.8 Å². The fourth-order valence-corrected chi connectivity index (χ4v) is 3.47. The van der Waals surface area contributed by atoms with Crippen LogP contribution in [0, 0.1) is 5.82 Å². The number of halogens is 4. The summed E-state index contributed by atoms with van der Waals surface area (Å²) in [5.74, 6) is -3.59. The zero-order valence-corrected chi connectivity index (χ0v) is 17.1. The molecule has 0 radical (unpaired) electrons. The number of hydrogen-bond acceptors (Lipinski definition) is 4. The summed E-state index contributed by atoms with van der Waals surface area (Å²) in [5, 5.41) is 2.42. The van der Waals surface area contributed by atoms with Crippen LogP contribution in [0.5, 0.6) is 11.5 Å². The molecule has 0 saturated carbocycles. The highest BCUT2D eigenvalue weighted by Crippen LogP contribution is 2.41. The van der Waals surface area contributed by atoms with Gasteiger partial charge in [-0.1, -0.05) is 22.0 Å². The Morgan fingerprint density at radius 2 is 1.87 bits per heavy atom. The summed E-state index contributed by atoms with van der Waals surface area (Å²) in [6.45, 7) is 0.826. The van der Waals surface area contributed by atoms with Gasteiger partial charge in [-0.3, -0.25) is 4.79 Å².